The van der Waals surface area contributed by atoms with E-state index < -0.39 is 10.0 Å². The van der Waals surface area contributed by atoms with Crippen molar-refractivity contribution in [3.63, 3.8) is 0 Å². The highest BCUT2D eigenvalue weighted by Crippen LogP contribution is 2.22. The fourth-order valence-corrected chi connectivity index (χ4v) is 2.84. The minimum absolute atomic E-state index is 0.0654. The van der Waals surface area contributed by atoms with Crippen molar-refractivity contribution in [3.8, 4) is 0 Å². The third-order valence-corrected chi connectivity index (χ3v) is 4.18. The summed E-state index contributed by atoms with van der Waals surface area (Å²) < 4.78 is 32.3. The van der Waals surface area contributed by atoms with E-state index in [1.165, 1.54) is 6.07 Å². The van der Waals surface area contributed by atoms with Crippen LogP contribution in [-0.4, -0.2) is 28.2 Å². The van der Waals surface area contributed by atoms with Gasteiger partial charge < -0.3 is 10.5 Å². The van der Waals surface area contributed by atoms with Gasteiger partial charge in [-0.25, -0.2) is 13.1 Å². The maximum atomic E-state index is 12.0. The van der Waals surface area contributed by atoms with Crippen molar-refractivity contribution in [2.75, 3.05) is 25.5 Å². The first-order chi connectivity index (χ1) is 8.83. The molecule has 106 valence electrons. The lowest BCUT2D eigenvalue weighted by molar-refractivity contribution is 0.162. The Bertz CT molecular complexity index is 558. The molecule has 0 atom stereocenters. The number of rotatable bonds is 7. The molecule has 0 amide bonds. The molecule has 0 bridgehead atoms. The topological polar surface area (TPSA) is 81.4 Å². The van der Waals surface area contributed by atoms with E-state index in [9.17, 15) is 8.42 Å². The first-order valence-electron chi connectivity index (χ1n) is 5.60. The molecule has 7 heteroatoms. The zero-order chi connectivity index (χ0) is 14.5. The molecule has 0 saturated heterocycles. The summed E-state index contributed by atoms with van der Waals surface area (Å²) in [5.41, 5.74) is 6.77. The second kappa shape index (κ2) is 7.04. The van der Waals surface area contributed by atoms with Crippen molar-refractivity contribution in [3.05, 3.63) is 34.8 Å². The summed E-state index contributed by atoms with van der Waals surface area (Å²) in [6.07, 6.45) is 0. The predicted octanol–water partition coefficient (Wildman–Crippen LogP) is 1.90. The maximum absolute atomic E-state index is 12.0. The lowest BCUT2D eigenvalue weighted by Gasteiger charge is -2.09. The maximum Gasteiger partial charge on any atom is 0.242 e. The van der Waals surface area contributed by atoms with Gasteiger partial charge in [0.15, 0.2) is 0 Å². The molecular weight excluding hydrogens is 332 g/mol. The number of nitrogens with two attached hydrogens (primary N) is 1. The summed E-state index contributed by atoms with van der Waals surface area (Å²) in [5.74, 6) is 0. The molecule has 0 aliphatic carbocycles. The van der Waals surface area contributed by atoms with Gasteiger partial charge in [0.05, 0.1) is 18.9 Å². The minimum atomic E-state index is -3.61. The third-order valence-electron chi connectivity index (χ3n) is 2.15. The fourth-order valence-electron chi connectivity index (χ4n) is 1.34. The second-order valence-corrected chi connectivity index (χ2v) is 6.74. The highest BCUT2D eigenvalue weighted by Gasteiger charge is 2.16. The molecule has 0 fully saturated rings. The number of ether oxygens (including phenoxy) is 1. The largest absolute Gasteiger partial charge is 0.398 e. The summed E-state index contributed by atoms with van der Waals surface area (Å²) >= 11 is 3.23. The van der Waals surface area contributed by atoms with Gasteiger partial charge in [0.1, 0.15) is 4.90 Å². The molecule has 19 heavy (non-hydrogen) atoms. The van der Waals surface area contributed by atoms with Gasteiger partial charge in [-0.1, -0.05) is 28.1 Å². The second-order valence-electron chi connectivity index (χ2n) is 4.09. The van der Waals surface area contributed by atoms with Gasteiger partial charge in [-0.2, -0.15) is 0 Å². The van der Waals surface area contributed by atoms with Crippen LogP contribution in [0.1, 0.15) is 6.92 Å². The monoisotopic (exact) mass is 348 g/mol. The van der Waals surface area contributed by atoms with E-state index in [1.54, 1.807) is 12.1 Å². The molecule has 0 spiro atoms. The zero-order valence-corrected chi connectivity index (χ0v) is 13.1. The summed E-state index contributed by atoms with van der Waals surface area (Å²) in [4.78, 5) is 0.0654. The van der Waals surface area contributed by atoms with Crippen LogP contribution in [-0.2, 0) is 14.8 Å². The molecule has 0 aliphatic rings. The van der Waals surface area contributed by atoms with E-state index in [0.29, 0.717) is 6.61 Å². The van der Waals surface area contributed by atoms with E-state index in [2.05, 4.69) is 27.2 Å². The fraction of sp³-hybridized carbons (Fsp3) is 0.333. The highest BCUT2D eigenvalue weighted by atomic mass is 79.9. The van der Waals surface area contributed by atoms with E-state index in [0.717, 1.165) is 10.0 Å². The number of sulfonamides is 1. The summed E-state index contributed by atoms with van der Waals surface area (Å²) in [6, 6.07) is 4.63. The Hall–Kier alpha value is -0.890. The van der Waals surface area contributed by atoms with Crippen LogP contribution in [0.5, 0.6) is 0 Å². The van der Waals surface area contributed by atoms with Crippen molar-refractivity contribution < 1.29 is 13.2 Å². The molecule has 0 aromatic heterocycles. The Morgan fingerprint density at radius 2 is 2.21 bits per heavy atom. The number of hydrogen-bond acceptors (Lipinski definition) is 4. The zero-order valence-electron chi connectivity index (χ0n) is 10.6. The molecule has 3 N–H and O–H groups in total. The molecule has 1 rings (SSSR count). The highest BCUT2D eigenvalue weighted by molar-refractivity contribution is 9.10. The SMILES string of the molecule is C=C(C)COCCNS(=O)(=O)c1ccc(Br)cc1N. The molecule has 0 unspecified atom stereocenters. The molecule has 0 aliphatic heterocycles. The van der Waals surface area contributed by atoms with Crippen LogP contribution in [0, 0.1) is 0 Å². The van der Waals surface area contributed by atoms with Gasteiger partial charge in [-0.3, -0.25) is 0 Å². The van der Waals surface area contributed by atoms with Gasteiger partial charge in [-0.15, -0.1) is 0 Å². The van der Waals surface area contributed by atoms with Gasteiger partial charge >= 0.3 is 0 Å². The van der Waals surface area contributed by atoms with Crippen LogP contribution in [0.15, 0.2) is 39.7 Å². The molecule has 1 aromatic rings. The smallest absolute Gasteiger partial charge is 0.242 e. The molecule has 0 heterocycles. The molecule has 1 aromatic carbocycles. The number of nitrogen functional groups attached to an aromatic ring is 1. The van der Waals surface area contributed by atoms with Crippen LogP contribution < -0.4 is 10.5 Å². The Morgan fingerprint density at radius 1 is 1.53 bits per heavy atom. The van der Waals surface area contributed by atoms with Gasteiger partial charge in [0.2, 0.25) is 10.0 Å². The van der Waals surface area contributed by atoms with Gasteiger partial charge in [0.25, 0.3) is 0 Å². The quantitative estimate of drug-likeness (QED) is 0.448. The number of nitrogens with one attached hydrogen (secondary N) is 1. The van der Waals surface area contributed by atoms with Crippen LogP contribution in [0.25, 0.3) is 0 Å². The van der Waals surface area contributed by atoms with Crippen LogP contribution in [0.3, 0.4) is 0 Å². The summed E-state index contributed by atoms with van der Waals surface area (Å²) in [5, 5.41) is 0. The van der Waals surface area contributed by atoms with Crippen LogP contribution in [0.4, 0.5) is 5.69 Å². The lowest BCUT2D eigenvalue weighted by Crippen LogP contribution is -2.28. The average Bonchev–Trinajstić information content (AvgIpc) is 2.27. The first-order valence-corrected chi connectivity index (χ1v) is 7.87. The summed E-state index contributed by atoms with van der Waals surface area (Å²) in [6.45, 7) is 6.41. The number of hydrogen-bond donors (Lipinski definition) is 2. The van der Waals surface area contributed by atoms with Crippen molar-refractivity contribution in [1.82, 2.24) is 4.72 Å². The third kappa shape index (κ3) is 5.32. The van der Waals surface area contributed by atoms with Crippen molar-refractivity contribution in [2.24, 2.45) is 0 Å². The average molecular weight is 349 g/mol. The Labute approximate surface area is 122 Å². The van der Waals surface area contributed by atoms with Crippen LogP contribution in [0.2, 0.25) is 0 Å². The van der Waals surface area contributed by atoms with E-state index >= 15 is 0 Å². The summed E-state index contributed by atoms with van der Waals surface area (Å²) in [7, 11) is -3.61. The van der Waals surface area contributed by atoms with Gasteiger partial charge in [0, 0.05) is 11.0 Å². The predicted molar refractivity (Wildman–Crippen MR) is 79.4 cm³/mol. The van der Waals surface area contributed by atoms with E-state index in [4.69, 9.17) is 10.5 Å². The van der Waals surface area contributed by atoms with Crippen molar-refractivity contribution in [2.45, 2.75) is 11.8 Å². The van der Waals surface area contributed by atoms with E-state index in [-0.39, 0.29) is 23.7 Å². The van der Waals surface area contributed by atoms with Crippen molar-refractivity contribution >= 4 is 31.6 Å². The van der Waals surface area contributed by atoms with Crippen molar-refractivity contribution in [1.29, 1.82) is 0 Å². The number of halogens is 1. The normalized spacial score (nSPS) is 11.5. The molecule has 5 nitrogen and oxygen atoms in total. The number of benzene rings is 1. The molecular formula is C12H17BrN2O3S. The Kier molecular flexibility index (Phi) is 5.99. The molecule has 0 saturated carbocycles. The first kappa shape index (κ1) is 16.2. The lowest BCUT2D eigenvalue weighted by atomic mass is 10.3. The minimum Gasteiger partial charge on any atom is -0.398 e. The standard InChI is InChI=1S/C12H17BrN2O3S/c1-9(2)8-18-6-5-15-19(16,17)12-4-3-10(13)7-11(12)14/h3-4,7,15H,1,5-6,8,14H2,2H3. The Morgan fingerprint density at radius 3 is 2.79 bits per heavy atom. The van der Waals surface area contributed by atoms with Crippen LogP contribution >= 0.6 is 15.9 Å². The Balaban J connectivity index is 2.59. The van der Waals surface area contributed by atoms with E-state index in [1.807, 2.05) is 6.92 Å². The number of anilines is 1. The molecule has 0 radical (unpaired) electrons. The van der Waals surface area contributed by atoms with Gasteiger partial charge in [-0.05, 0) is 25.1 Å².